The molecule has 0 aromatic carbocycles. The third-order valence-corrected chi connectivity index (χ3v) is 2.30. The number of aliphatic imine (C=N–C) groups is 1. The molecule has 1 aliphatic heterocycles. The predicted octanol–water partition coefficient (Wildman–Crippen LogP) is 1.15. The molecule has 0 unspecified atom stereocenters. The summed E-state index contributed by atoms with van der Waals surface area (Å²) in [5.74, 6) is -0.232. The molecule has 16 heavy (non-hydrogen) atoms. The van der Waals surface area contributed by atoms with Crippen LogP contribution in [0.3, 0.4) is 0 Å². The van der Waals surface area contributed by atoms with Crippen LogP contribution in [0, 0.1) is 5.92 Å². The molecule has 0 radical (unpaired) electrons. The molecule has 0 aromatic heterocycles. The van der Waals surface area contributed by atoms with Gasteiger partial charge in [-0.3, -0.25) is 4.99 Å². The van der Waals surface area contributed by atoms with Gasteiger partial charge in [0.25, 0.3) is 0 Å². The van der Waals surface area contributed by atoms with Crippen LogP contribution in [-0.2, 0) is 9.53 Å². The molecule has 5 heteroatoms. The number of aliphatic hydroxyl groups excluding tert-OH is 1. The van der Waals surface area contributed by atoms with E-state index in [1.54, 1.807) is 6.92 Å². The fourth-order valence-electron chi connectivity index (χ4n) is 1.61. The fourth-order valence-corrected chi connectivity index (χ4v) is 1.61. The van der Waals surface area contributed by atoms with E-state index in [1.165, 1.54) is 0 Å². The molecule has 0 bridgehead atoms. The summed E-state index contributed by atoms with van der Waals surface area (Å²) in [6, 6.07) is -0.403. The van der Waals surface area contributed by atoms with Crippen molar-refractivity contribution in [3.63, 3.8) is 0 Å². The monoisotopic (exact) mass is 226 g/mol. The average Bonchev–Trinajstić information content (AvgIpc) is 2.41. The highest BCUT2D eigenvalue weighted by Crippen LogP contribution is 2.24. The van der Waals surface area contributed by atoms with Crippen LogP contribution in [0.2, 0.25) is 0 Å². The number of ether oxygens (including phenoxy) is 1. The predicted molar refractivity (Wildman–Crippen MR) is 61.2 cm³/mol. The van der Waals surface area contributed by atoms with E-state index in [0.29, 0.717) is 12.3 Å². The number of hydrogen-bond acceptors (Lipinski definition) is 5. The van der Waals surface area contributed by atoms with E-state index in [2.05, 4.69) is 4.99 Å². The standard InChI is InChI=1S/C11H18N2O3/c1-4-16-11(15)8-9(14)7(5-6(2)3)13-10(8)12/h6-7,14H,4-5H2,1-3H3,(H2,12,13)/t7-/m0/s1. The van der Waals surface area contributed by atoms with E-state index in [1.807, 2.05) is 13.8 Å². The summed E-state index contributed by atoms with van der Waals surface area (Å²) in [6.45, 7) is 5.98. The van der Waals surface area contributed by atoms with Gasteiger partial charge in [-0.15, -0.1) is 0 Å². The van der Waals surface area contributed by atoms with Gasteiger partial charge in [-0.2, -0.15) is 0 Å². The largest absolute Gasteiger partial charge is 0.509 e. The Morgan fingerprint density at radius 2 is 2.25 bits per heavy atom. The minimum absolute atomic E-state index is 0.0208. The lowest BCUT2D eigenvalue weighted by atomic mass is 10.0. The molecule has 1 atom stereocenters. The van der Waals surface area contributed by atoms with E-state index in [0.717, 1.165) is 0 Å². The molecular formula is C11H18N2O3. The summed E-state index contributed by atoms with van der Waals surface area (Å²) in [6.07, 6.45) is 0.662. The zero-order chi connectivity index (χ0) is 12.3. The number of carbonyl (C=O) groups excluding carboxylic acids is 1. The second-order valence-electron chi connectivity index (χ2n) is 4.14. The highest BCUT2D eigenvalue weighted by atomic mass is 16.5. The first kappa shape index (κ1) is 12.5. The smallest absolute Gasteiger partial charge is 0.345 e. The fraction of sp³-hybridized carbons (Fsp3) is 0.636. The Bertz CT molecular complexity index is 345. The van der Waals surface area contributed by atoms with Crippen LogP contribution in [0.4, 0.5) is 0 Å². The zero-order valence-corrected chi connectivity index (χ0v) is 9.86. The lowest BCUT2D eigenvalue weighted by Crippen LogP contribution is -2.21. The van der Waals surface area contributed by atoms with Gasteiger partial charge >= 0.3 is 5.97 Å². The van der Waals surface area contributed by atoms with Gasteiger partial charge < -0.3 is 15.6 Å². The van der Waals surface area contributed by atoms with Crippen LogP contribution in [-0.4, -0.2) is 29.6 Å². The SMILES string of the molecule is CCOC(=O)C1=C(O)[C@H](CC(C)C)N=C1N. The first-order valence-corrected chi connectivity index (χ1v) is 5.41. The quantitative estimate of drug-likeness (QED) is 0.704. The van der Waals surface area contributed by atoms with Gasteiger partial charge in [0.2, 0.25) is 0 Å². The van der Waals surface area contributed by atoms with E-state index in [4.69, 9.17) is 10.5 Å². The van der Waals surface area contributed by atoms with Gasteiger partial charge in [-0.25, -0.2) is 4.79 Å². The van der Waals surface area contributed by atoms with Gasteiger partial charge in [0.1, 0.15) is 23.2 Å². The van der Waals surface area contributed by atoms with Crippen molar-refractivity contribution in [2.45, 2.75) is 33.2 Å². The minimum atomic E-state index is -0.604. The molecule has 1 heterocycles. The molecule has 0 spiro atoms. The normalized spacial score (nSPS) is 20.2. The molecule has 0 saturated heterocycles. The van der Waals surface area contributed by atoms with Crippen molar-refractivity contribution in [1.82, 2.24) is 0 Å². The van der Waals surface area contributed by atoms with Crippen molar-refractivity contribution >= 4 is 11.8 Å². The molecule has 0 aliphatic carbocycles. The Kier molecular flexibility index (Phi) is 3.93. The van der Waals surface area contributed by atoms with E-state index < -0.39 is 12.0 Å². The number of esters is 1. The molecule has 1 rings (SSSR count). The van der Waals surface area contributed by atoms with Crippen LogP contribution in [0.1, 0.15) is 27.2 Å². The molecule has 0 aromatic rings. The zero-order valence-electron chi connectivity index (χ0n) is 9.86. The van der Waals surface area contributed by atoms with Crippen molar-refractivity contribution in [2.24, 2.45) is 16.6 Å². The molecule has 3 N–H and O–H groups in total. The molecule has 0 fully saturated rings. The number of aliphatic hydroxyl groups is 1. The molecule has 0 saturated carbocycles. The van der Waals surface area contributed by atoms with E-state index in [-0.39, 0.29) is 23.8 Å². The number of nitrogens with two attached hydrogens (primary N) is 1. The summed E-state index contributed by atoms with van der Waals surface area (Å²) in [5.41, 5.74) is 5.62. The third-order valence-electron chi connectivity index (χ3n) is 2.30. The topological polar surface area (TPSA) is 84.9 Å². The van der Waals surface area contributed by atoms with Crippen LogP contribution < -0.4 is 5.73 Å². The van der Waals surface area contributed by atoms with Crippen molar-refractivity contribution < 1.29 is 14.6 Å². The maximum atomic E-state index is 11.5. The molecular weight excluding hydrogens is 208 g/mol. The van der Waals surface area contributed by atoms with Crippen molar-refractivity contribution in [2.75, 3.05) is 6.61 Å². The minimum Gasteiger partial charge on any atom is -0.509 e. The first-order valence-electron chi connectivity index (χ1n) is 5.41. The van der Waals surface area contributed by atoms with Crippen LogP contribution in [0.15, 0.2) is 16.3 Å². The molecule has 1 aliphatic rings. The lowest BCUT2D eigenvalue weighted by molar-refractivity contribution is -0.138. The molecule has 90 valence electrons. The number of nitrogens with zero attached hydrogens (tertiary/aromatic N) is 1. The summed E-state index contributed by atoms with van der Waals surface area (Å²) in [4.78, 5) is 15.6. The van der Waals surface area contributed by atoms with Gasteiger partial charge in [-0.1, -0.05) is 13.8 Å². The van der Waals surface area contributed by atoms with Gasteiger partial charge in [0, 0.05) is 0 Å². The lowest BCUT2D eigenvalue weighted by Gasteiger charge is -2.10. The number of rotatable bonds is 4. The van der Waals surface area contributed by atoms with Crippen molar-refractivity contribution in [3.05, 3.63) is 11.3 Å². The van der Waals surface area contributed by atoms with Gasteiger partial charge in [0.05, 0.1) is 6.61 Å². The number of carbonyl (C=O) groups is 1. The maximum Gasteiger partial charge on any atom is 0.345 e. The molecule has 5 nitrogen and oxygen atoms in total. The number of hydrogen-bond donors (Lipinski definition) is 2. The highest BCUT2D eigenvalue weighted by molar-refractivity contribution is 6.20. The van der Waals surface area contributed by atoms with Crippen LogP contribution in [0.5, 0.6) is 0 Å². The Morgan fingerprint density at radius 3 is 2.75 bits per heavy atom. The molecule has 0 amide bonds. The Balaban J connectivity index is 2.87. The third kappa shape index (κ3) is 2.53. The Hall–Kier alpha value is -1.52. The van der Waals surface area contributed by atoms with Crippen molar-refractivity contribution in [1.29, 1.82) is 0 Å². The summed E-state index contributed by atoms with van der Waals surface area (Å²) in [7, 11) is 0. The average molecular weight is 226 g/mol. The highest BCUT2D eigenvalue weighted by Gasteiger charge is 2.32. The van der Waals surface area contributed by atoms with Gasteiger partial charge in [0.15, 0.2) is 0 Å². The number of amidine groups is 1. The second kappa shape index (κ2) is 5.01. The van der Waals surface area contributed by atoms with E-state index in [9.17, 15) is 9.90 Å². The summed E-state index contributed by atoms with van der Waals surface area (Å²) >= 11 is 0. The summed E-state index contributed by atoms with van der Waals surface area (Å²) < 4.78 is 4.80. The van der Waals surface area contributed by atoms with E-state index >= 15 is 0 Å². The Labute approximate surface area is 95.0 Å². The first-order chi connectivity index (χ1) is 7.47. The van der Waals surface area contributed by atoms with Crippen LogP contribution in [0.25, 0.3) is 0 Å². The van der Waals surface area contributed by atoms with Crippen LogP contribution >= 0.6 is 0 Å². The van der Waals surface area contributed by atoms with Gasteiger partial charge in [-0.05, 0) is 19.3 Å². The second-order valence-corrected chi connectivity index (χ2v) is 4.14. The van der Waals surface area contributed by atoms with Crippen molar-refractivity contribution in [3.8, 4) is 0 Å². The Morgan fingerprint density at radius 1 is 1.62 bits per heavy atom. The summed E-state index contributed by atoms with van der Waals surface area (Å²) in [5, 5.41) is 9.85. The maximum absolute atomic E-state index is 11.5.